The first-order valence-corrected chi connectivity index (χ1v) is 33.5. The molecule has 1 amide bonds. The van der Waals surface area contributed by atoms with Crippen LogP contribution >= 0.6 is 34.0 Å². The average Bonchev–Trinajstić information content (AvgIpc) is 1.61. The number of thiophene rings is 3. The third kappa shape index (κ3) is 10.3. The Bertz CT molecular complexity index is 4450. The number of aromatic nitrogens is 9. The van der Waals surface area contributed by atoms with Crippen LogP contribution in [0.2, 0.25) is 0 Å². The van der Waals surface area contributed by atoms with Gasteiger partial charge in [0.25, 0.3) is 0 Å². The van der Waals surface area contributed by atoms with E-state index in [9.17, 15) is 19.5 Å². The molecule has 10 heterocycles. The number of nitrogens with zero attached hydrogens (tertiary/aromatic N) is 13. The molecule has 6 aromatic heterocycles. The first kappa shape index (κ1) is 59.2. The molecule has 90 heavy (non-hydrogen) atoms. The molecule has 0 bridgehead atoms. The van der Waals surface area contributed by atoms with E-state index in [1.165, 1.54) is 55.8 Å². The summed E-state index contributed by atoms with van der Waals surface area (Å²) in [6.45, 7) is 16.6. The first-order valence-electron chi connectivity index (χ1n) is 31.1. The number of fused-ring (bicyclic) bond motifs is 15. The van der Waals surface area contributed by atoms with Crippen LogP contribution in [0.4, 0.5) is 0 Å². The van der Waals surface area contributed by atoms with Crippen LogP contribution in [0.25, 0.3) is 15.0 Å². The van der Waals surface area contributed by atoms with Gasteiger partial charge in [-0.05, 0) is 112 Å². The molecular weight excluding hydrogens is 1190 g/mol. The maximum Gasteiger partial charge on any atom is 0.309 e. The summed E-state index contributed by atoms with van der Waals surface area (Å²) in [5.74, 6) is 4.10. The zero-order valence-corrected chi connectivity index (χ0v) is 54.0. The van der Waals surface area contributed by atoms with E-state index in [4.69, 9.17) is 24.5 Å². The highest BCUT2D eigenvalue weighted by Gasteiger charge is 2.41. The van der Waals surface area contributed by atoms with Crippen molar-refractivity contribution in [3.63, 3.8) is 0 Å². The summed E-state index contributed by atoms with van der Waals surface area (Å²) in [6.07, 6.45) is 6.91. The highest BCUT2D eigenvalue weighted by molar-refractivity contribution is 7.16. The van der Waals surface area contributed by atoms with Crippen molar-refractivity contribution in [1.82, 2.24) is 49.2 Å². The van der Waals surface area contributed by atoms with Gasteiger partial charge >= 0.3 is 11.9 Å². The van der Waals surface area contributed by atoms with Gasteiger partial charge in [-0.25, -0.2) is 0 Å². The molecule has 7 aliphatic rings. The molecule has 3 aromatic carbocycles. The predicted molar refractivity (Wildman–Crippen MR) is 347 cm³/mol. The van der Waals surface area contributed by atoms with E-state index in [0.717, 1.165) is 138 Å². The summed E-state index contributed by atoms with van der Waals surface area (Å²) in [5.41, 5.74) is 17.3. The molecule has 19 nitrogen and oxygen atoms in total. The Labute approximate surface area is 533 Å². The van der Waals surface area contributed by atoms with Crippen molar-refractivity contribution in [1.29, 1.82) is 0 Å². The molecule has 460 valence electrons. The second-order valence-electron chi connectivity index (χ2n) is 23.7. The molecule has 1 fully saturated rings. The maximum atomic E-state index is 13.3. The number of benzene rings is 3. The Morgan fingerprint density at radius 1 is 0.511 bits per heavy atom. The Hall–Kier alpha value is -8.44. The molecule has 16 rings (SSSR count). The standard InChI is InChI=1S/C25H27N5O2S.C22H22N4O2S.C21H20N4O2S/c1-3-16-6-4-5-7-18(16)23-22-19-12-17(24(31)29-8-10-32-11-9-29)13-20(19)33-25(22)30-15(2)27-28-21(30)14-26-23;1-4-13-7-5-6-8-15(13)20-19-16-9-14(22(27)28-3)10-17(16)29-21(19)26-12(2)24-25-18(26)11-23-20;1-3-12-6-4-5-7-14(12)19-18-15-8-13(21(26)27)9-16(15)28-20(18)25-11(2)23-24-17(25)10-22-19/h4-7,17H,3,8-14H2,1-2H3;5-8,14H,4,9-11H2,1-3H3;4-7,13H,3,8-10H2,1-2H3,(H,26,27). The van der Waals surface area contributed by atoms with Gasteiger partial charge in [0.1, 0.15) is 52.1 Å². The van der Waals surface area contributed by atoms with Gasteiger partial charge in [-0.2, -0.15) is 0 Å². The lowest BCUT2D eigenvalue weighted by Gasteiger charge is -2.29. The zero-order valence-electron chi connectivity index (χ0n) is 51.5. The molecular formula is C68H69N13O6S3. The number of hydrogen-bond donors (Lipinski definition) is 1. The van der Waals surface area contributed by atoms with Crippen LogP contribution in [0.1, 0.15) is 137 Å². The van der Waals surface area contributed by atoms with Gasteiger partial charge in [-0.3, -0.25) is 43.1 Å². The summed E-state index contributed by atoms with van der Waals surface area (Å²) in [6, 6.07) is 25.4. The van der Waals surface area contributed by atoms with Gasteiger partial charge in [-0.1, -0.05) is 93.6 Å². The van der Waals surface area contributed by atoms with Gasteiger partial charge in [0.2, 0.25) is 5.91 Å². The summed E-state index contributed by atoms with van der Waals surface area (Å²) in [4.78, 5) is 57.9. The number of carboxylic acid groups (broad SMARTS) is 1. The number of esters is 1. The van der Waals surface area contributed by atoms with Crippen molar-refractivity contribution in [2.75, 3.05) is 33.4 Å². The quantitative estimate of drug-likeness (QED) is 0.133. The predicted octanol–water partition coefficient (Wildman–Crippen LogP) is 9.91. The van der Waals surface area contributed by atoms with E-state index >= 15 is 0 Å². The number of rotatable bonds is 9. The Kier molecular flexibility index (Phi) is 16.0. The van der Waals surface area contributed by atoms with E-state index in [-0.39, 0.29) is 29.6 Å². The summed E-state index contributed by atoms with van der Waals surface area (Å²) in [7, 11) is 1.46. The number of carboxylic acids is 1. The molecule has 0 spiro atoms. The lowest BCUT2D eigenvalue weighted by molar-refractivity contribution is -0.145. The Morgan fingerprint density at radius 3 is 1.24 bits per heavy atom. The number of amides is 1. The highest BCUT2D eigenvalue weighted by atomic mass is 32.1. The Morgan fingerprint density at radius 2 is 0.867 bits per heavy atom. The van der Waals surface area contributed by atoms with Crippen molar-refractivity contribution in [2.45, 2.75) is 119 Å². The number of carbonyl (C=O) groups is 3. The highest BCUT2D eigenvalue weighted by Crippen LogP contribution is 2.47. The molecule has 9 aromatic rings. The number of ether oxygens (including phenoxy) is 2. The van der Waals surface area contributed by atoms with Crippen molar-refractivity contribution in [3.8, 4) is 15.0 Å². The second kappa shape index (κ2) is 24.4. The molecule has 0 radical (unpaired) electrons. The van der Waals surface area contributed by atoms with Crippen molar-refractivity contribution in [3.05, 3.63) is 189 Å². The van der Waals surface area contributed by atoms with Crippen LogP contribution in [0, 0.1) is 38.5 Å². The normalized spacial score (nSPS) is 18.1. The zero-order chi connectivity index (χ0) is 62.1. The average molecular weight is 1260 g/mol. The SMILES string of the molecule is CCc1ccccc1C1=NCc2nnc(C)n2-c2sc3c(c21)CC(C(=O)N1CCOCC1)C3.CCc1ccccc1C1=NCc2nnc(C)n2-c2sc3c(c21)CC(C(=O)O)C3.CCc1ccccc1C1=NCc2nnc(C)n2-c2sc3c(c21)CC(C(=O)OC)C3. The van der Waals surface area contributed by atoms with Crippen LogP contribution in [-0.2, 0) is 101 Å². The van der Waals surface area contributed by atoms with E-state index < -0.39 is 5.97 Å². The maximum absolute atomic E-state index is 13.3. The third-order valence-corrected chi connectivity index (χ3v) is 22.2. The minimum atomic E-state index is -0.723. The fourth-order valence-electron chi connectivity index (χ4n) is 14.0. The van der Waals surface area contributed by atoms with E-state index in [0.29, 0.717) is 65.2 Å². The van der Waals surface area contributed by atoms with Crippen LogP contribution in [0.5, 0.6) is 0 Å². The summed E-state index contributed by atoms with van der Waals surface area (Å²) >= 11 is 5.19. The monoisotopic (exact) mass is 1260 g/mol. The number of aryl methyl sites for hydroxylation is 6. The third-order valence-electron chi connectivity index (χ3n) is 18.5. The minimum absolute atomic E-state index is 0.00190. The number of morpholine rings is 1. The fraction of sp³-hybridized carbons (Fsp3) is 0.382. The Balaban J connectivity index is 0.000000118. The lowest BCUT2D eigenvalue weighted by Crippen LogP contribution is -2.44. The van der Waals surface area contributed by atoms with E-state index in [2.05, 4.69) is 132 Å². The van der Waals surface area contributed by atoms with Gasteiger partial charge in [0.15, 0.2) is 17.5 Å². The molecule has 0 saturated carbocycles. The summed E-state index contributed by atoms with van der Waals surface area (Å²) < 4.78 is 16.9. The fourth-order valence-corrected chi connectivity index (χ4v) is 18.5. The number of aliphatic carboxylic acids is 1. The molecule has 22 heteroatoms. The van der Waals surface area contributed by atoms with Crippen LogP contribution < -0.4 is 0 Å². The smallest absolute Gasteiger partial charge is 0.309 e. The van der Waals surface area contributed by atoms with Gasteiger partial charge in [0, 0.05) is 67.0 Å². The molecule has 4 aliphatic heterocycles. The van der Waals surface area contributed by atoms with Gasteiger partial charge < -0.3 is 19.5 Å². The topological polar surface area (TPSA) is 222 Å². The number of hydrogen-bond acceptors (Lipinski definition) is 17. The minimum Gasteiger partial charge on any atom is -0.481 e. The van der Waals surface area contributed by atoms with Gasteiger partial charge in [0.05, 0.1) is 49.3 Å². The van der Waals surface area contributed by atoms with E-state index in [1.807, 2.05) is 31.7 Å². The largest absolute Gasteiger partial charge is 0.481 e. The lowest BCUT2D eigenvalue weighted by atomic mass is 9.93. The van der Waals surface area contributed by atoms with E-state index in [1.54, 1.807) is 34.0 Å². The molecule has 1 saturated heterocycles. The van der Waals surface area contributed by atoms with Gasteiger partial charge in [-0.15, -0.1) is 64.6 Å². The van der Waals surface area contributed by atoms with Crippen LogP contribution in [0.3, 0.4) is 0 Å². The van der Waals surface area contributed by atoms with Crippen LogP contribution in [0.15, 0.2) is 87.8 Å². The first-order chi connectivity index (χ1) is 43.8. The number of aliphatic imine (C=N–C) groups is 3. The molecule has 3 aliphatic carbocycles. The summed E-state index contributed by atoms with van der Waals surface area (Å²) in [5, 5.41) is 38.9. The molecule has 3 atom stereocenters. The van der Waals surface area contributed by atoms with Crippen molar-refractivity contribution in [2.24, 2.45) is 32.7 Å². The van der Waals surface area contributed by atoms with Crippen LogP contribution in [-0.4, -0.2) is 123 Å². The van der Waals surface area contributed by atoms with Crippen molar-refractivity contribution < 1.29 is 29.0 Å². The van der Waals surface area contributed by atoms with Crippen molar-refractivity contribution >= 4 is 69.0 Å². The second-order valence-corrected chi connectivity index (χ2v) is 26.9. The number of carbonyl (C=O) groups excluding carboxylic acids is 2. The number of methoxy groups -OCH3 is 1. The molecule has 3 unspecified atom stereocenters. The molecule has 1 N–H and O–H groups in total.